The van der Waals surface area contributed by atoms with E-state index in [2.05, 4.69) is 0 Å². The summed E-state index contributed by atoms with van der Waals surface area (Å²) in [7, 11) is 0. The van der Waals surface area contributed by atoms with Gasteiger partial charge in [0.15, 0.2) is 5.76 Å². The molecule has 1 unspecified atom stereocenters. The van der Waals surface area contributed by atoms with Crippen LogP contribution in [0, 0.1) is 0 Å². The Morgan fingerprint density at radius 2 is 2.41 bits per heavy atom. The van der Waals surface area contributed by atoms with E-state index >= 15 is 0 Å². The molecule has 2 heterocycles. The quantitative estimate of drug-likeness (QED) is 0.842. The van der Waals surface area contributed by atoms with Crippen molar-refractivity contribution in [1.82, 2.24) is 4.90 Å². The Morgan fingerprint density at radius 1 is 1.59 bits per heavy atom. The van der Waals surface area contributed by atoms with Crippen LogP contribution in [0.2, 0.25) is 0 Å². The monoisotopic (exact) mass is 239 g/mol. The molecule has 1 aromatic rings. The average molecular weight is 239 g/mol. The second-order valence-electron chi connectivity index (χ2n) is 4.03. The van der Waals surface area contributed by atoms with Crippen molar-refractivity contribution >= 4 is 5.91 Å². The highest BCUT2D eigenvalue weighted by atomic mass is 16.5. The van der Waals surface area contributed by atoms with Crippen LogP contribution in [0.1, 0.15) is 23.2 Å². The van der Waals surface area contributed by atoms with E-state index in [1.54, 1.807) is 11.0 Å². The number of aliphatic hydroxyl groups excluding tert-OH is 1. The third-order valence-corrected chi connectivity index (χ3v) is 2.92. The van der Waals surface area contributed by atoms with Gasteiger partial charge in [0.25, 0.3) is 5.91 Å². The van der Waals surface area contributed by atoms with Gasteiger partial charge in [-0.25, -0.2) is 0 Å². The van der Waals surface area contributed by atoms with E-state index in [4.69, 9.17) is 9.15 Å². The molecule has 0 saturated carbocycles. The van der Waals surface area contributed by atoms with Crippen LogP contribution in [-0.2, 0) is 11.2 Å². The van der Waals surface area contributed by atoms with Crippen molar-refractivity contribution in [3.63, 3.8) is 0 Å². The maximum Gasteiger partial charge on any atom is 0.290 e. The number of morpholine rings is 1. The summed E-state index contributed by atoms with van der Waals surface area (Å²) < 4.78 is 10.7. The first-order valence-electron chi connectivity index (χ1n) is 5.84. The average Bonchev–Trinajstić information content (AvgIpc) is 2.86. The molecule has 1 aromatic heterocycles. The second kappa shape index (κ2) is 5.33. The fourth-order valence-corrected chi connectivity index (χ4v) is 1.90. The predicted molar refractivity (Wildman–Crippen MR) is 60.8 cm³/mol. The minimum Gasteiger partial charge on any atom is -0.456 e. The fourth-order valence-electron chi connectivity index (χ4n) is 1.90. The first kappa shape index (κ1) is 12.1. The molecule has 0 aliphatic carbocycles. The van der Waals surface area contributed by atoms with Crippen LogP contribution in [0.25, 0.3) is 0 Å². The molecule has 1 aliphatic rings. The summed E-state index contributed by atoms with van der Waals surface area (Å²) in [6.45, 7) is 3.25. The molecule has 5 heteroatoms. The number of aryl methyl sites for hydroxylation is 1. The van der Waals surface area contributed by atoms with Gasteiger partial charge in [-0.05, 0) is 12.1 Å². The summed E-state index contributed by atoms with van der Waals surface area (Å²) in [4.78, 5) is 13.8. The predicted octanol–water partition coefficient (Wildman–Crippen LogP) is 0.675. The Bertz CT molecular complexity index is 388. The van der Waals surface area contributed by atoms with E-state index < -0.39 is 0 Å². The standard InChI is InChI=1S/C12H17NO4/c1-2-10-3-4-11(17-10)12(15)13-5-6-16-8-9(13)7-14/h3-4,9,14H,2,5-8H2,1H3. The van der Waals surface area contributed by atoms with Crippen LogP contribution in [0.15, 0.2) is 16.5 Å². The number of ether oxygens (including phenoxy) is 1. The van der Waals surface area contributed by atoms with Gasteiger partial charge in [-0.15, -0.1) is 0 Å². The van der Waals surface area contributed by atoms with Crippen LogP contribution < -0.4 is 0 Å². The lowest BCUT2D eigenvalue weighted by Crippen LogP contribution is -2.50. The van der Waals surface area contributed by atoms with Gasteiger partial charge in [-0.2, -0.15) is 0 Å². The number of aliphatic hydroxyl groups is 1. The van der Waals surface area contributed by atoms with Gasteiger partial charge < -0.3 is 19.2 Å². The van der Waals surface area contributed by atoms with Crippen LogP contribution in [-0.4, -0.2) is 48.3 Å². The molecule has 94 valence electrons. The molecule has 17 heavy (non-hydrogen) atoms. The molecule has 1 saturated heterocycles. The van der Waals surface area contributed by atoms with Gasteiger partial charge in [-0.3, -0.25) is 4.79 Å². The van der Waals surface area contributed by atoms with Crippen molar-refractivity contribution in [2.24, 2.45) is 0 Å². The first-order valence-corrected chi connectivity index (χ1v) is 5.84. The summed E-state index contributed by atoms with van der Waals surface area (Å²) in [5.41, 5.74) is 0. The van der Waals surface area contributed by atoms with Crippen LogP contribution >= 0.6 is 0 Å². The van der Waals surface area contributed by atoms with E-state index in [1.807, 2.05) is 13.0 Å². The Hall–Kier alpha value is -1.33. The minimum absolute atomic E-state index is 0.0902. The summed E-state index contributed by atoms with van der Waals surface area (Å²) in [5.74, 6) is 0.955. The van der Waals surface area contributed by atoms with Crippen molar-refractivity contribution in [3.05, 3.63) is 23.7 Å². The van der Waals surface area contributed by atoms with Crippen molar-refractivity contribution in [3.8, 4) is 0 Å². The molecule has 0 spiro atoms. The van der Waals surface area contributed by atoms with Crippen LogP contribution in [0.3, 0.4) is 0 Å². The summed E-state index contributed by atoms with van der Waals surface area (Å²) in [6.07, 6.45) is 0.764. The third kappa shape index (κ3) is 2.50. The highest BCUT2D eigenvalue weighted by molar-refractivity contribution is 5.91. The summed E-state index contributed by atoms with van der Waals surface area (Å²) in [6, 6.07) is 3.22. The number of nitrogens with zero attached hydrogens (tertiary/aromatic N) is 1. The molecule has 0 aromatic carbocycles. The Balaban J connectivity index is 2.12. The van der Waals surface area contributed by atoms with E-state index in [0.717, 1.165) is 12.2 Å². The van der Waals surface area contributed by atoms with Crippen molar-refractivity contribution < 1.29 is 19.1 Å². The van der Waals surface area contributed by atoms with Gasteiger partial charge >= 0.3 is 0 Å². The Kier molecular flexibility index (Phi) is 3.81. The lowest BCUT2D eigenvalue weighted by Gasteiger charge is -2.33. The van der Waals surface area contributed by atoms with Gasteiger partial charge in [0.1, 0.15) is 5.76 Å². The number of rotatable bonds is 3. The zero-order valence-corrected chi connectivity index (χ0v) is 9.89. The maximum atomic E-state index is 12.2. The normalized spacial score (nSPS) is 20.6. The van der Waals surface area contributed by atoms with Crippen LogP contribution in [0.4, 0.5) is 0 Å². The smallest absolute Gasteiger partial charge is 0.290 e. The number of hydrogen-bond acceptors (Lipinski definition) is 4. The van der Waals surface area contributed by atoms with E-state index in [1.165, 1.54) is 0 Å². The number of hydrogen-bond donors (Lipinski definition) is 1. The summed E-state index contributed by atoms with van der Waals surface area (Å²) in [5, 5.41) is 9.20. The second-order valence-corrected chi connectivity index (χ2v) is 4.03. The van der Waals surface area contributed by atoms with Gasteiger partial charge in [-0.1, -0.05) is 6.92 Å². The SMILES string of the molecule is CCc1ccc(C(=O)N2CCOCC2CO)o1. The number of carbonyl (C=O) groups excluding carboxylic acids is 1. The number of carbonyl (C=O) groups is 1. The molecule has 0 radical (unpaired) electrons. The number of furan rings is 1. The fraction of sp³-hybridized carbons (Fsp3) is 0.583. The molecule has 0 bridgehead atoms. The molecule has 2 rings (SSSR count). The largest absolute Gasteiger partial charge is 0.456 e. The Morgan fingerprint density at radius 3 is 3.06 bits per heavy atom. The van der Waals surface area contributed by atoms with Crippen molar-refractivity contribution in [2.45, 2.75) is 19.4 Å². The topological polar surface area (TPSA) is 62.9 Å². The van der Waals surface area contributed by atoms with Gasteiger partial charge in [0.05, 0.1) is 25.9 Å². The lowest BCUT2D eigenvalue weighted by molar-refractivity contribution is -0.0197. The Labute approximate surface area is 100.0 Å². The zero-order chi connectivity index (χ0) is 12.3. The maximum absolute atomic E-state index is 12.2. The van der Waals surface area contributed by atoms with Gasteiger partial charge in [0.2, 0.25) is 0 Å². The molecular formula is C12H17NO4. The number of amides is 1. The molecule has 1 aliphatic heterocycles. The van der Waals surface area contributed by atoms with E-state index in [-0.39, 0.29) is 18.6 Å². The molecular weight excluding hydrogens is 222 g/mol. The molecule has 1 fully saturated rings. The third-order valence-electron chi connectivity index (χ3n) is 2.92. The highest BCUT2D eigenvalue weighted by Crippen LogP contribution is 2.15. The zero-order valence-electron chi connectivity index (χ0n) is 9.89. The van der Waals surface area contributed by atoms with Gasteiger partial charge in [0, 0.05) is 13.0 Å². The summed E-state index contributed by atoms with van der Waals surface area (Å²) >= 11 is 0. The molecule has 5 nitrogen and oxygen atoms in total. The minimum atomic E-state index is -0.272. The molecule has 1 atom stereocenters. The highest BCUT2D eigenvalue weighted by Gasteiger charge is 2.29. The first-order chi connectivity index (χ1) is 8.26. The van der Waals surface area contributed by atoms with Crippen molar-refractivity contribution in [2.75, 3.05) is 26.4 Å². The van der Waals surface area contributed by atoms with E-state index in [9.17, 15) is 9.90 Å². The lowest BCUT2D eigenvalue weighted by atomic mass is 10.2. The molecule has 1 N–H and O–H groups in total. The van der Waals surface area contributed by atoms with Crippen LogP contribution in [0.5, 0.6) is 0 Å². The van der Waals surface area contributed by atoms with Crippen molar-refractivity contribution in [1.29, 1.82) is 0 Å². The van der Waals surface area contributed by atoms with E-state index in [0.29, 0.717) is 25.5 Å². The molecule has 1 amide bonds.